The Morgan fingerprint density at radius 2 is 2.00 bits per heavy atom. The maximum atomic E-state index is 12.5. The van der Waals surface area contributed by atoms with Gasteiger partial charge in [0.15, 0.2) is 0 Å². The van der Waals surface area contributed by atoms with Crippen LogP contribution in [0, 0.1) is 11.3 Å². The van der Waals surface area contributed by atoms with Crippen LogP contribution in [0.5, 0.6) is 5.75 Å². The molecule has 0 spiro atoms. The van der Waals surface area contributed by atoms with Crippen LogP contribution in [0.25, 0.3) is 5.70 Å². The van der Waals surface area contributed by atoms with E-state index in [9.17, 15) is 10.1 Å². The molecule has 0 saturated heterocycles. The normalized spacial score (nSPS) is 15.5. The highest BCUT2D eigenvalue weighted by molar-refractivity contribution is 5.77. The quantitative estimate of drug-likeness (QED) is 0.865. The molecule has 1 aliphatic heterocycles. The zero-order chi connectivity index (χ0) is 18.2. The molecule has 3 rings (SSSR count). The van der Waals surface area contributed by atoms with Gasteiger partial charge < -0.3 is 9.64 Å². The van der Waals surface area contributed by atoms with E-state index in [0.717, 1.165) is 16.8 Å². The molecule has 0 atom stereocenters. The standard InChI is InChI=1S/C20H21N3O2/c1-20(2)16(13-22(3)4)19(23-10-6-5-7-18(23)24)15-11-14(12-21)8-9-17(15)25-20/h5-11H,13H2,1-4H3. The van der Waals surface area contributed by atoms with Gasteiger partial charge in [-0.25, -0.2) is 0 Å². The number of nitriles is 1. The van der Waals surface area contributed by atoms with Crippen LogP contribution in [-0.2, 0) is 0 Å². The van der Waals surface area contributed by atoms with Crippen LogP contribution in [-0.4, -0.2) is 35.7 Å². The van der Waals surface area contributed by atoms with Crippen molar-refractivity contribution in [3.8, 4) is 11.8 Å². The van der Waals surface area contributed by atoms with E-state index in [1.165, 1.54) is 6.07 Å². The maximum absolute atomic E-state index is 12.5. The first-order chi connectivity index (χ1) is 11.8. The van der Waals surface area contributed by atoms with Gasteiger partial charge in [-0.1, -0.05) is 6.07 Å². The number of fused-ring (bicyclic) bond motifs is 1. The SMILES string of the molecule is CN(C)CC1=C(n2ccccc2=O)c2cc(C#N)ccc2OC1(C)C. The number of hydrogen-bond donors (Lipinski definition) is 0. The molecule has 0 bridgehead atoms. The van der Waals surface area contributed by atoms with Crippen molar-refractivity contribution < 1.29 is 4.74 Å². The predicted octanol–water partition coefficient (Wildman–Crippen LogP) is 2.71. The summed E-state index contributed by atoms with van der Waals surface area (Å²) in [4.78, 5) is 14.6. The van der Waals surface area contributed by atoms with E-state index in [1.807, 2.05) is 38.9 Å². The van der Waals surface area contributed by atoms with Crippen LogP contribution in [0.2, 0.25) is 0 Å². The third-order valence-electron chi connectivity index (χ3n) is 4.28. The second-order valence-electron chi connectivity index (χ2n) is 6.91. The molecule has 0 N–H and O–H groups in total. The lowest BCUT2D eigenvalue weighted by Crippen LogP contribution is -2.41. The molecule has 0 saturated carbocycles. The van der Waals surface area contributed by atoms with E-state index in [-0.39, 0.29) is 5.56 Å². The second kappa shape index (κ2) is 6.23. The van der Waals surface area contributed by atoms with Gasteiger partial charge in [-0.15, -0.1) is 0 Å². The minimum absolute atomic E-state index is 0.111. The monoisotopic (exact) mass is 335 g/mol. The molecule has 0 fully saturated rings. The Hall–Kier alpha value is -2.84. The van der Waals surface area contributed by atoms with Crippen molar-refractivity contribution in [3.63, 3.8) is 0 Å². The minimum atomic E-state index is -0.573. The van der Waals surface area contributed by atoms with Gasteiger partial charge in [0.25, 0.3) is 5.56 Å². The van der Waals surface area contributed by atoms with Crippen molar-refractivity contribution in [1.82, 2.24) is 9.47 Å². The van der Waals surface area contributed by atoms with Gasteiger partial charge in [-0.05, 0) is 52.2 Å². The fourth-order valence-corrected chi connectivity index (χ4v) is 3.13. The number of aromatic nitrogens is 1. The second-order valence-corrected chi connectivity index (χ2v) is 6.91. The van der Waals surface area contributed by atoms with Crippen molar-refractivity contribution in [3.05, 3.63) is 69.6 Å². The van der Waals surface area contributed by atoms with Crippen LogP contribution in [0.15, 0.2) is 53.0 Å². The first-order valence-corrected chi connectivity index (χ1v) is 8.13. The zero-order valence-electron chi connectivity index (χ0n) is 14.9. The Kier molecular flexibility index (Phi) is 4.23. The molecule has 0 amide bonds. The molecule has 128 valence electrons. The van der Waals surface area contributed by atoms with Crippen LogP contribution < -0.4 is 10.3 Å². The van der Waals surface area contributed by atoms with E-state index in [4.69, 9.17) is 4.74 Å². The smallest absolute Gasteiger partial charge is 0.255 e. The first kappa shape index (κ1) is 17.0. The summed E-state index contributed by atoms with van der Waals surface area (Å²) in [6.07, 6.45) is 1.76. The first-order valence-electron chi connectivity index (χ1n) is 8.13. The van der Waals surface area contributed by atoms with Crippen molar-refractivity contribution in [2.45, 2.75) is 19.4 Å². The summed E-state index contributed by atoms with van der Waals surface area (Å²) in [6, 6.07) is 12.6. The van der Waals surface area contributed by atoms with E-state index in [1.54, 1.807) is 35.0 Å². The summed E-state index contributed by atoms with van der Waals surface area (Å²) in [6.45, 7) is 4.64. The predicted molar refractivity (Wildman–Crippen MR) is 97.4 cm³/mol. The molecule has 5 nitrogen and oxygen atoms in total. The van der Waals surface area contributed by atoms with Crippen molar-refractivity contribution in [2.24, 2.45) is 0 Å². The molecule has 25 heavy (non-hydrogen) atoms. The Bertz CT molecular complexity index is 946. The number of hydrogen-bond acceptors (Lipinski definition) is 4. The van der Waals surface area contributed by atoms with Crippen molar-refractivity contribution in [2.75, 3.05) is 20.6 Å². The van der Waals surface area contributed by atoms with Crippen molar-refractivity contribution in [1.29, 1.82) is 5.26 Å². The van der Waals surface area contributed by atoms with Gasteiger partial charge in [0.2, 0.25) is 0 Å². The fourth-order valence-electron chi connectivity index (χ4n) is 3.13. The van der Waals surface area contributed by atoms with Crippen LogP contribution in [0.1, 0.15) is 25.0 Å². The summed E-state index contributed by atoms with van der Waals surface area (Å²) >= 11 is 0. The van der Waals surface area contributed by atoms with E-state index >= 15 is 0 Å². The lowest BCUT2D eigenvalue weighted by atomic mass is 9.88. The van der Waals surface area contributed by atoms with Gasteiger partial charge in [-0.2, -0.15) is 5.26 Å². The molecule has 1 aromatic heterocycles. The lowest BCUT2D eigenvalue weighted by molar-refractivity contribution is 0.135. The molecule has 5 heteroatoms. The Balaban J connectivity index is 2.39. The van der Waals surface area contributed by atoms with E-state index in [0.29, 0.717) is 17.9 Å². The number of rotatable bonds is 3. The van der Waals surface area contributed by atoms with Gasteiger partial charge in [0.05, 0.1) is 17.3 Å². The summed E-state index contributed by atoms with van der Waals surface area (Å²) in [5.41, 5.74) is 2.41. The minimum Gasteiger partial charge on any atom is -0.483 e. The molecular formula is C20H21N3O2. The number of nitrogens with zero attached hydrogens (tertiary/aromatic N) is 3. The van der Waals surface area contributed by atoms with Crippen molar-refractivity contribution >= 4 is 5.70 Å². The number of ether oxygens (including phenoxy) is 1. The summed E-state index contributed by atoms with van der Waals surface area (Å²) in [5, 5.41) is 9.28. The van der Waals surface area contributed by atoms with E-state index in [2.05, 4.69) is 6.07 Å². The third-order valence-corrected chi connectivity index (χ3v) is 4.28. The summed E-state index contributed by atoms with van der Waals surface area (Å²) < 4.78 is 7.86. The largest absolute Gasteiger partial charge is 0.483 e. The molecule has 0 aliphatic carbocycles. The Morgan fingerprint density at radius 3 is 2.64 bits per heavy atom. The number of pyridine rings is 1. The van der Waals surface area contributed by atoms with Crippen LogP contribution >= 0.6 is 0 Å². The number of likely N-dealkylation sites (N-methyl/N-ethyl adjacent to an activating group) is 1. The highest BCUT2D eigenvalue weighted by atomic mass is 16.5. The highest BCUT2D eigenvalue weighted by Gasteiger charge is 2.36. The summed E-state index contributed by atoms with van der Waals surface area (Å²) in [5.74, 6) is 0.678. The molecule has 2 aromatic rings. The van der Waals surface area contributed by atoms with Gasteiger partial charge in [0, 0.05) is 29.9 Å². The summed E-state index contributed by atoms with van der Waals surface area (Å²) in [7, 11) is 3.96. The fraction of sp³-hybridized carbons (Fsp3) is 0.300. The topological polar surface area (TPSA) is 58.3 Å². The molecular weight excluding hydrogens is 314 g/mol. The number of benzene rings is 1. The lowest BCUT2D eigenvalue weighted by Gasteiger charge is -2.38. The van der Waals surface area contributed by atoms with Gasteiger partial charge in [-0.3, -0.25) is 9.36 Å². The Morgan fingerprint density at radius 1 is 1.24 bits per heavy atom. The average Bonchev–Trinajstić information content (AvgIpc) is 2.55. The zero-order valence-corrected chi connectivity index (χ0v) is 14.9. The van der Waals surface area contributed by atoms with E-state index < -0.39 is 5.60 Å². The van der Waals surface area contributed by atoms with Gasteiger partial charge >= 0.3 is 0 Å². The Labute approximate surface area is 147 Å². The third kappa shape index (κ3) is 3.09. The molecule has 1 aromatic carbocycles. The van der Waals surface area contributed by atoms with Crippen LogP contribution in [0.3, 0.4) is 0 Å². The molecule has 0 radical (unpaired) electrons. The highest BCUT2D eigenvalue weighted by Crippen LogP contribution is 2.41. The van der Waals surface area contributed by atoms with Crippen LogP contribution in [0.4, 0.5) is 0 Å². The maximum Gasteiger partial charge on any atom is 0.255 e. The average molecular weight is 335 g/mol. The van der Waals surface area contributed by atoms with Gasteiger partial charge in [0.1, 0.15) is 11.4 Å². The molecule has 1 aliphatic rings. The molecule has 0 unspecified atom stereocenters. The molecule has 2 heterocycles.